The number of hydrogen-bond donors (Lipinski definition) is 2. The molecule has 29 heavy (non-hydrogen) atoms. The number of rotatable bonds is 12. The van der Waals surface area contributed by atoms with Gasteiger partial charge in [0.2, 0.25) is 5.91 Å². The fourth-order valence-electron chi connectivity index (χ4n) is 4.03. The number of carbonyl (C=O) groups is 1. The summed E-state index contributed by atoms with van der Waals surface area (Å²) in [6.07, 6.45) is 12.3. The Morgan fingerprint density at radius 1 is 1.10 bits per heavy atom. The number of aromatic amines is 1. The Hall–Kier alpha value is -1.85. The molecule has 2 heterocycles. The number of nitrogens with one attached hydrogen (secondary N) is 2. The van der Waals surface area contributed by atoms with Gasteiger partial charge in [0, 0.05) is 48.8 Å². The number of unbranched alkanes of at least 4 members (excludes halogenated alkanes) is 6. The van der Waals surface area contributed by atoms with Gasteiger partial charge >= 0.3 is 0 Å². The largest absolute Gasteiger partial charge is 0.379 e. The average molecular weight is 400 g/mol. The van der Waals surface area contributed by atoms with Crippen LogP contribution in [0.25, 0.3) is 10.9 Å². The van der Waals surface area contributed by atoms with Crippen LogP contribution < -0.4 is 5.32 Å². The van der Waals surface area contributed by atoms with Gasteiger partial charge < -0.3 is 15.0 Å². The molecule has 5 heteroatoms. The SMILES string of the molecule is CCCCCCCCCC(=O)Nc1ccc2[nH]cc(CCN3CCOCC3)c2c1. The van der Waals surface area contributed by atoms with Crippen molar-refractivity contribution in [2.75, 3.05) is 38.2 Å². The molecular weight excluding hydrogens is 362 g/mol. The van der Waals surface area contributed by atoms with Crippen molar-refractivity contribution >= 4 is 22.5 Å². The molecule has 2 aromatic rings. The molecular formula is C24H37N3O2. The van der Waals surface area contributed by atoms with E-state index < -0.39 is 0 Å². The van der Waals surface area contributed by atoms with Crippen molar-refractivity contribution in [1.82, 2.24) is 9.88 Å². The summed E-state index contributed by atoms with van der Waals surface area (Å²) in [5, 5.41) is 4.30. The minimum absolute atomic E-state index is 0.128. The molecule has 1 fully saturated rings. The summed E-state index contributed by atoms with van der Waals surface area (Å²) in [5.74, 6) is 0.128. The van der Waals surface area contributed by atoms with Crippen LogP contribution in [0.15, 0.2) is 24.4 Å². The fourth-order valence-corrected chi connectivity index (χ4v) is 4.03. The Bertz CT molecular complexity index is 750. The molecule has 2 N–H and O–H groups in total. The van der Waals surface area contributed by atoms with Crippen molar-refractivity contribution in [1.29, 1.82) is 0 Å². The normalized spacial score (nSPS) is 15.1. The number of benzene rings is 1. The standard InChI is InChI=1S/C24H37N3O2/c1-2-3-4-5-6-7-8-9-24(28)26-21-10-11-23-22(18-21)20(19-25-23)12-13-27-14-16-29-17-15-27/h10-11,18-19,25H,2-9,12-17H2,1H3,(H,26,28). The minimum Gasteiger partial charge on any atom is -0.379 e. The van der Waals surface area contributed by atoms with Gasteiger partial charge in [-0.05, 0) is 36.6 Å². The molecule has 1 aliphatic heterocycles. The molecule has 1 amide bonds. The number of nitrogens with zero attached hydrogens (tertiary/aromatic N) is 1. The van der Waals surface area contributed by atoms with Gasteiger partial charge in [0.15, 0.2) is 0 Å². The predicted octanol–water partition coefficient (Wildman–Crippen LogP) is 5.12. The molecule has 1 aromatic heterocycles. The van der Waals surface area contributed by atoms with Crippen LogP contribution in [0.1, 0.15) is 63.9 Å². The summed E-state index contributed by atoms with van der Waals surface area (Å²) < 4.78 is 5.43. The van der Waals surface area contributed by atoms with E-state index in [2.05, 4.69) is 40.5 Å². The smallest absolute Gasteiger partial charge is 0.224 e. The van der Waals surface area contributed by atoms with Crippen LogP contribution in [0.4, 0.5) is 5.69 Å². The highest BCUT2D eigenvalue weighted by atomic mass is 16.5. The number of hydrogen-bond acceptors (Lipinski definition) is 3. The maximum Gasteiger partial charge on any atom is 0.224 e. The molecule has 0 saturated carbocycles. The van der Waals surface area contributed by atoms with Gasteiger partial charge in [0.1, 0.15) is 0 Å². The maximum atomic E-state index is 12.3. The number of fused-ring (bicyclic) bond motifs is 1. The van der Waals surface area contributed by atoms with E-state index in [1.165, 1.54) is 43.1 Å². The maximum absolute atomic E-state index is 12.3. The van der Waals surface area contributed by atoms with E-state index in [1.54, 1.807) is 0 Å². The average Bonchev–Trinajstić information content (AvgIpc) is 3.14. The Morgan fingerprint density at radius 2 is 1.86 bits per heavy atom. The first-order valence-electron chi connectivity index (χ1n) is 11.5. The first kappa shape index (κ1) is 21.8. The molecule has 1 saturated heterocycles. The monoisotopic (exact) mass is 399 g/mol. The van der Waals surface area contributed by atoms with Crippen LogP contribution in [0.3, 0.4) is 0 Å². The number of ether oxygens (including phenoxy) is 1. The van der Waals surface area contributed by atoms with E-state index in [0.29, 0.717) is 6.42 Å². The zero-order valence-corrected chi connectivity index (χ0v) is 18.0. The second kappa shape index (κ2) is 12.0. The number of H-pyrrole nitrogens is 1. The minimum atomic E-state index is 0.128. The molecule has 0 atom stereocenters. The van der Waals surface area contributed by atoms with Gasteiger partial charge in [-0.25, -0.2) is 0 Å². The molecule has 0 spiro atoms. The molecule has 1 aromatic carbocycles. The van der Waals surface area contributed by atoms with E-state index in [9.17, 15) is 4.79 Å². The lowest BCUT2D eigenvalue weighted by Crippen LogP contribution is -2.37. The first-order chi connectivity index (χ1) is 14.3. The summed E-state index contributed by atoms with van der Waals surface area (Å²) >= 11 is 0. The van der Waals surface area contributed by atoms with Gasteiger partial charge in [0.25, 0.3) is 0 Å². The summed E-state index contributed by atoms with van der Waals surface area (Å²) in [6, 6.07) is 6.17. The lowest BCUT2D eigenvalue weighted by Gasteiger charge is -2.26. The van der Waals surface area contributed by atoms with Crippen LogP contribution in [0.2, 0.25) is 0 Å². The third kappa shape index (κ3) is 7.16. The fraction of sp³-hybridized carbons (Fsp3) is 0.625. The van der Waals surface area contributed by atoms with E-state index >= 15 is 0 Å². The Kier molecular flexibility index (Phi) is 9.03. The van der Waals surface area contributed by atoms with Gasteiger partial charge in [-0.15, -0.1) is 0 Å². The summed E-state index contributed by atoms with van der Waals surface area (Å²) in [5.41, 5.74) is 3.35. The highest BCUT2D eigenvalue weighted by Crippen LogP contribution is 2.23. The van der Waals surface area contributed by atoms with Crippen LogP contribution in [-0.2, 0) is 16.0 Å². The third-order valence-electron chi connectivity index (χ3n) is 5.86. The van der Waals surface area contributed by atoms with Crippen molar-refractivity contribution in [3.8, 4) is 0 Å². The predicted molar refractivity (Wildman–Crippen MR) is 121 cm³/mol. The molecule has 0 bridgehead atoms. The van der Waals surface area contributed by atoms with E-state index in [0.717, 1.165) is 63.3 Å². The lowest BCUT2D eigenvalue weighted by molar-refractivity contribution is -0.116. The van der Waals surface area contributed by atoms with Gasteiger partial charge in [-0.1, -0.05) is 45.4 Å². The van der Waals surface area contributed by atoms with Crippen LogP contribution in [0, 0.1) is 0 Å². The highest BCUT2D eigenvalue weighted by Gasteiger charge is 2.12. The van der Waals surface area contributed by atoms with E-state index in [1.807, 2.05) is 6.07 Å². The van der Waals surface area contributed by atoms with Crippen molar-refractivity contribution in [2.45, 2.75) is 64.7 Å². The molecule has 5 nitrogen and oxygen atoms in total. The molecule has 0 unspecified atom stereocenters. The summed E-state index contributed by atoms with van der Waals surface area (Å²) in [7, 11) is 0. The molecule has 160 valence electrons. The van der Waals surface area contributed by atoms with Gasteiger partial charge in [0.05, 0.1) is 13.2 Å². The zero-order valence-electron chi connectivity index (χ0n) is 18.0. The van der Waals surface area contributed by atoms with Crippen LogP contribution in [-0.4, -0.2) is 48.6 Å². The van der Waals surface area contributed by atoms with Crippen LogP contribution >= 0.6 is 0 Å². The number of morpholine rings is 1. The number of carbonyl (C=O) groups excluding carboxylic acids is 1. The molecule has 3 rings (SSSR count). The number of aromatic nitrogens is 1. The number of anilines is 1. The molecule has 1 aliphatic rings. The van der Waals surface area contributed by atoms with E-state index in [4.69, 9.17) is 4.74 Å². The number of amides is 1. The van der Waals surface area contributed by atoms with Gasteiger partial charge in [-0.3, -0.25) is 9.69 Å². The van der Waals surface area contributed by atoms with E-state index in [-0.39, 0.29) is 5.91 Å². The molecule has 0 aliphatic carbocycles. The summed E-state index contributed by atoms with van der Waals surface area (Å²) in [4.78, 5) is 18.1. The Balaban J connectivity index is 1.45. The first-order valence-corrected chi connectivity index (χ1v) is 11.5. The topological polar surface area (TPSA) is 57.4 Å². The van der Waals surface area contributed by atoms with Crippen molar-refractivity contribution < 1.29 is 9.53 Å². The second-order valence-corrected chi connectivity index (χ2v) is 8.20. The second-order valence-electron chi connectivity index (χ2n) is 8.20. The van der Waals surface area contributed by atoms with Crippen LogP contribution in [0.5, 0.6) is 0 Å². The van der Waals surface area contributed by atoms with Gasteiger partial charge in [-0.2, -0.15) is 0 Å². The third-order valence-corrected chi connectivity index (χ3v) is 5.86. The molecule has 0 radical (unpaired) electrons. The Morgan fingerprint density at radius 3 is 2.66 bits per heavy atom. The Labute approximate surface area is 175 Å². The summed E-state index contributed by atoms with van der Waals surface area (Å²) in [6.45, 7) is 6.99. The zero-order chi connectivity index (χ0) is 20.3. The van der Waals surface area contributed by atoms with Crippen molar-refractivity contribution in [2.24, 2.45) is 0 Å². The lowest BCUT2D eigenvalue weighted by atomic mass is 10.1. The van der Waals surface area contributed by atoms with Crippen molar-refractivity contribution in [3.63, 3.8) is 0 Å². The quantitative estimate of drug-likeness (QED) is 0.487. The van der Waals surface area contributed by atoms with Crippen molar-refractivity contribution in [3.05, 3.63) is 30.0 Å². The highest BCUT2D eigenvalue weighted by molar-refractivity contribution is 5.94.